The number of rotatable bonds is 6. The predicted octanol–water partition coefficient (Wildman–Crippen LogP) is 4.47. The van der Waals surface area contributed by atoms with Crippen LogP contribution < -0.4 is 0 Å². The Hall–Kier alpha value is -3.18. The minimum absolute atomic E-state index is 0.318. The Morgan fingerprint density at radius 3 is 2.79 bits per heavy atom. The number of hydrogen-bond donors (Lipinski definition) is 0. The second-order valence-corrected chi connectivity index (χ2v) is 11.4. The minimum Gasteiger partial charge on any atom is -0.375 e. The molecule has 39 heavy (non-hydrogen) atoms. The van der Waals surface area contributed by atoms with E-state index >= 15 is 0 Å². The zero-order chi connectivity index (χ0) is 26.9. The first-order valence-electron chi connectivity index (χ1n) is 12.4. The van der Waals surface area contributed by atoms with Gasteiger partial charge in [-0.1, -0.05) is 47.3 Å². The molecule has 0 N–H and O–H groups in total. The van der Waals surface area contributed by atoms with Crippen molar-refractivity contribution in [2.45, 2.75) is 54.8 Å². The maximum atomic E-state index is 9.66. The second-order valence-electron chi connectivity index (χ2n) is 9.38. The zero-order valence-electron chi connectivity index (χ0n) is 21.5. The fourth-order valence-corrected chi connectivity index (χ4v) is 6.89. The predicted molar refractivity (Wildman–Crippen MR) is 144 cm³/mol. The van der Waals surface area contributed by atoms with Gasteiger partial charge in [-0.2, -0.15) is 5.26 Å². The molecule has 200 valence electrons. The summed E-state index contributed by atoms with van der Waals surface area (Å²) in [5.74, 6) is 0. The van der Waals surface area contributed by atoms with Crippen LogP contribution in [0.2, 0.25) is 0 Å². The van der Waals surface area contributed by atoms with Crippen molar-refractivity contribution in [2.75, 3.05) is 13.7 Å². The van der Waals surface area contributed by atoms with Crippen molar-refractivity contribution in [1.82, 2.24) is 25.0 Å². The van der Waals surface area contributed by atoms with Crippen molar-refractivity contribution in [3.63, 3.8) is 0 Å². The van der Waals surface area contributed by atoms with Crippen LogP contribution in [-0.2, 0) is 18.9 Å². The van der Waals surface area contributed by atoms with E-state index in [4.69, 9.17) is 18.9 Å². The monoisotopic (exact) mass is 562 g/mol. The molecule has 12 heteroatoms. The number of thiazole rings is 1. The Morgan fingerprint density at radius 1 is 1.21 bits per heavy atom. The highest BCUT2D eigenvalue weighted by atomic mass is 32.2. The number of hydrogen-bond acceptors (Lipinski definition) is 11. The van der Waals surface area contributed by atoms with Gasteiger partial charge >= 0.3 is 0 Å². The van der Waals surface area contributed by atoms with Gasteiger partial charge in [-0.05, 0) is 25.5 Å². The molecule has 2 fully saturated rings. The molecule has 5 heterocycles. The fourth-order valence-electron chi connectivity index (χ4n) is 4.83. The highest BCUT2D eigenvalue weighted by Gasteiger charge is 2.52. The van der Waals surface area contributed by atoms with Crippen molar-refractivity contribution in [3.8, 4) is 16.8 Å². The lowest BCUT2D eigenvalue weighted by molar-refractivity contribution is -0.308. The summed E-state index contributed by atoms with van der Waals surface area (Å²) in [4.78, 5) is 9.58. The molecule has 0 aliphatic carbocycles. The first kappa shape index (κ1) is 26.1. The largest absolute Gasteiger partial charge is 0.375 e. The summed E-state index contributed by atoms with van der Waals surface area (Å²) in [6.45, 7) is 4.21. The molecule has 0 saturated carbocycles. The summed E-state index contributed by atoms with van der Waals surface area (Å²) in [5.41, 5.74) is 3.32. The van der Waals surface area contributed by atoms with Crippen LogP contribution in [0.1, 0.15) is 34.8 Å². The lowest BCUT2D eigenvalue weighted by atomic mass is 9.96. The summed E-state index contributed by atoms with van der Waals surface area (Å²) in [7, 11) is 1.64. The Morgan fingerprint density at radius 2 is 2.05 bits per heavy atom. The van der Waals surface area contributed by atoms with Crippen LogP contribution in [-0.4, -0.2) is 62.4 Å². The summed E-state index contributed by atoms with van der Waals surface area (Å²) in [6, 6.07) is 13.5. The number of ether oxygens (including phenoxy) is 4. The molecule has 2 saturated heterocycles. The third-order valence-electron chi connectivity index (χ3n) is 6.65. The van der Waals surface area contributed by atoms with E-state index in [-0.39, 0.29) is 0 Å². The van der Waals surface area contributed by atoms with Crippen LogP contribution in [0.5, 0.6) is 0 Å². The lowest BCUT2D eigenvalue weighted by Gasteiger charge is -2.48. The third-order valence-corrected chi connectivity index (χ3v) is 8.81. The van der Waals surface area contributed by atoms with E-state index in [9.17, 15) is 5.26 Å². The van der Waals surface area contributed by atoms with E-state index in [2.05, 4.69) is 26.3 Å². The number of nitrogens with zero attached hydrogens (tertiary/aromatic N) is 6. The van der Waals surface area contributed by atoms with Gasteiger partial charge < -0.3 is 18.9 Å². The van der Waals surface area contributed by atoms with Crippen LogP contribution in [0.4, 0.5) is 0 Å². The molecule has 4 unspecified atom stereocenters. The van der Waals surface area contributed by atoms with Gasteiger partial charge in [-0.3, -0.25) is 0 Å². The van der Waals surface area contributed by atoms with E-state index in [1.807, 2.05) is 61.8 Å². The van der Waals surface area contributed by atoms with Gasteiger partial charge in [0.25, 0.3) is 0 Å². The Kier molecular flexibility index (Phi) is 7.44. The highest BCUT2D eigenvalue weighted by Crippen LogP contribution is 2.45. The highest BCUT2D eigenvalue weighted by molar-refractivity contribution is 7.99. The topological polar surface area (TPSA) is 117 Å². The minimum atomic E-state index is -0.559. The number of aromatic nitrogens is 5. The maximum Gasteiger partial charge on any atom is 0.184 e. The molecule has 2 aliphatic heterocycles. The fraction of sp³-hybridized carbons (Fsp3) is 0.370. The summed E-state index contributed by atoms with van der Waals surface area (Å²) >= 11 is 2.93. The molecule has 0 amide bonds. The second kappa shape index (κ2) is 11.1. The van der Waals surface area contributed by atoms with Gasteiger partial charge in [-0.15, -0.1) is 16.4 Å². The lowest BCUT2D eigenvalue weighted by Crippen LogP contribution is -2.59. The molecule has 10 nitrogen and oxygen atoms in total. The average molecular weight is 563 g/mol. The molecular weight excluding hydrogens is 536 g/mol. The maximum absolute atomic E-state index is 9.66. The number of benzene rings is 1. The first-order valence-corrected chi connectivity index (χ1v) is 14.2. The Bertz CT molecular complexity index is 1490. The molecule has 0 spiro atoms. The van der Waals surface area contributed by atoms with E-state index < -0.39 is 36.1 Å². The third kappa shape index (κ3) is 5.21. The molecule has 6 atom stereocenters. The van der Waals surface area contributed by atoms with Gasteiger partial charge in [0.1, 0.15) is 46.6 Å². The van der Waals surface area contributed by atoms with Crippen molar-refractivity contribution >= 4 is 23.1 Å². The average Bonchev–Trinajstić information content (AvgIpc) is 3.62. The number of thioether (sulfide) groups is 1. The molecule has 4 aromatic rings. The van der Waals surface area contributed by atoms with Gasteiger partial charge in [-0.25, -0.2) is 14.6 Å². The van der Waals surface area contributed by atoms with Crippen LogP contribution in [0.25, 0.3) is 10.7 Å². The van der Waals surface area contributed by atoms with Crippen LogP contribution in [0.3, 0.4) is 0 Å². The quantitative estimate of drug-likeness (QED) is 0.333. The summed E-state index contributed by atoms with van der Waals surface area (Å²) in [5, 5.41) is 21.4. The normalized spacial score (nSPS) is 26.6. The number of pyridine rings is 1. The SMILES string of the molecule is COC1C(n2cc(-c3nc(C)cs3)nn2)[C@H]2OC(c3ccccc3)OCC2O[C@@H]1Sc1cc(C)cnc1C#N. The molecule has 6 rings (SSSR count). The Labute approximate surface area is 233 Å². The molecule has 2 aliphatic rings. The molecular formula is C27H26N6O4S2. The van der Waals surface area contributed by atoms with E-state index in [1.165, 1.54) is 23.1 Å². The number of nitriles is 1. The number of aryl methyl sites for hydroxylation is 2. The van der Waals surface area contributed by atoms with Crippen LogP contribution in [0.15, 0.2) is 59.1 Å². The first-order chi connectivity index (χ1) is 19.0. The van der Waals surface area contributed by atoms with E-state index in [0.717, 1.165) is 26.7 Å². The van der Waals surface area contributed by atoms with E-state index in [0.29, 0.717) is 18.0 Å². The van der Waals surface area contributed by atoms with Crippen molar-refractivity contribution < 1.29 is 18.9 Å². The van der Waals surface area contributed by atoms with Gasteiger partial charge in [0.2, 0.25) is 0 Å². The number of fused-ring (bicyclic) bond motifs is 1. The van der Waals surface area contributed by atoms with Gasteiger partial charge in [0.05, 0.1) is 12.8 Å². The van der Waals surface area contributed by atoms with Crippen molar-refractivity contribution in [1.29, 1.82) is 5.26 Å². The zero-order valence-corrected chi connectivity index (χ0v) is 23.1. The van der Waals surface area contributed by atoms with E-state index in [1.54, 1.807) is 18.0 Å². The molecule has 0 radical (unpaired) electrons. The van der Waals surface area contributed by atoms with Gasteiger partial charge in [0.15, 0.2) is 12.0 Å². The molecule has 1 aromatic carbocycles. The summed E-state index contributed by atoms with van der Waals surface area (Å²) in [6.07, 6.45) is 1.66. The van der Waals surface area contributed by atoms with Crippen molar-refractivity contribution in [2.24, 2.45) is 0 Å². The van der Waals surface area contributed by atoms with Gasteiger partial charge in [0, 0.05) is 34.8 Å². The smallest absolute Gasteiger partial charge is 0.184 e. The van der Waals surface area contributed by atoms with Crippen LogP contribution >= 0.6 is 23.1 Å². The van der Waals surface area contributed by atoms with Crippen LogP contribution in [0, 0.1) is 25.2 Å². The number of methoxy groups -OCH3 is 1. The standard InChI is InChI=1S/C27H26N6O4S2/c1-15-9-21(18(10-28)29-11-15)39-27-24(34-3)22(33-12-19(31-32-33)25-30-16(2)14-38-25)23-20(36-27)13-35-26(37-23)17-7-5-4-6-8-17/h4-9,11-12,14,20,22-24,26-27H,13H2,1-3H3/t20?,22?,23-,24?,26?,27+/m0/s1. The molecule has 3 aromatic heterocycles. The Balaban J connectivity index is 1.37. The molecule has 0 bridgehead atoms. The van der Waals surface area contributed by atoms with Crippen molar-refractivity contribution in [3.05, 3.63) is 76.7 Å². The summed E-state index contributed by atoms with van der Waals surface area (Å²) < 4.78 is 27.1.